The first-order valence-electron chi connectivity index (χ1n) is 6.51. The summed E-state index contributed by atoms with van der Waals surface area (Å²) in [5, 5.41) is 3.36. The number of hydrogen-bond donors (Lipinski definition) is 2. The van der Waals surface area contributed by atoms with Crippen molar-refractivity contribution in [1.82, 2.24) is 15.3 Å². The molecule has 0 unspecified atom stereocenters. The van der Waals surface area contributed by atoms with E-state index in [4.69, 9.17) is 12.2 Å². The molecule has 1 aromatic heterocycles. The zero-order valence-electron chi connectivity index (χ0n) is 10.4. The second-order valence-electron chi connectivity index (χ2n) is 4.96. The van der Waals surface area contributed by atoms with Gasteiger partial charge in [0.05, 0.1) is 0 Å². The van der Waals surface area contributed by atoms with Crippen LogP contribution in [0.2, 0.25) is 0 Å². The van der Waals surface area contributed by atoms with Gasteiger partial charge >= 0.3 is 0 Å². The molecule has 0 fully saturated rings. The molecule has 0 radical (unpaired) electrons. The van der Waals surface area contributed by atoms with E-state index in [2.05, 4.69) is 44.5 Å². The Bertz CT molecular complexity index is 707. The number of hydrogen-bond acceptors (Lipinski definition) is 4. The highest BCUT2D eigenvalue weighted by atomic mass is 32.1. The van der Waals surface area contributed by atoms with Gasteiger partial charge < -0.3 is 15.2 Å². The van der Waals surface area contributed by atoms with Crippen LogP contribution in [-0.4, -0.2) is 16.5 Å². The Morgan fingerprint density at radius 3 is 3.05 bits per heavy atom. The van der Waals surface area contributed by atoms with Gasteiger partial charge in [-0.05, 0) is 30.3 Å². The van der Waals surface area contributed by atoms with Gasteiger partial charge in [0.15, 0.2) is 4.77 Å². The van der Waals surface area contributed by atoms with E-state index in [-0.39, 0.29) is 0 Å². The van der Waals surface area contributed by atoms with Crippen molar-refractivity contribution < 1.29 is 0 Å². The number of nitrogens with zero attached hydrogens (tertiary/aromatic N) is 2. The summed E-state index contributed by atoms with van der Waals surface area (Å²) in [6.45, 7) is 2.70. The lowest BCUT2D eigenvalue weighted by Crippen LogP contribution is -2.17. The van der Waals surface area contributed by atoms with Crippen LogP contribution in [0.5, 0.6) is 0 Å². The summed E-state index contributed by atoms with van der Waals surface area (Å²) < 4.78 is 0.571. The number of aromatic nitrogens is 2. The monoisotopic (exact) mass is 270 g/mol. The van der Waals surface area contributed by atoms with Crippen molar-refractivity contribution in [1.29, 1.82) is 0 Å². The van der Waals surface area contributed by atoms with Gasteiger partial charge in [-0.2, -0.15) is 0 Å². The fraction of sp³-hybridized carbons (Fsp3) is 0.286. The molecule has 5 heteroatoms. The lowest BCUT2D eigenvalue weighted by atomic mass is 10.2. The zero-order valence-corrected chi connectivity index (χ0v) is 11.3. The standard InChI is InChI=1S/C14H14N4S/c19-14-16-11-8-15-7-10(11)13(17-14)18-6-5-9-3-1-2-4-12(9)18/h1-4,15H,5-8H2,(H,16,17,19). The SMILES string of the molecule is S=c1nc(N2CCc3ccccc32)c2c([nH]1)CNC2. The average Bonchev–Trinajstić information content (AvgIpc) is 3.03. The highest BCUT2D eigenvalue weighted by molar-refractivity contribution is 7.71. The van der Waals surface area contributed by atoms with Crippen LogP contribution in [-0.2, 0) is 19.5 Å². The minimum Gasteiger partial charge on any atom is -0.333 e. The average molecular weight is 270 g/mol. The Morgan fingerprint density at radius 2 is 2.11 bits per heavy atom. The molecule has 2 aliphatic heterocycles. The maximum atomic E-state index is 5.25. The van der Waals surface area contributed by atoms with Crippen molar-refractivity contribution in [3.63, 3.8) is 0 Å². The zero-order chi connectivity index (χ0) is 12.8. The van der Waals surface area contributed by atoms with Crippen molar-refractivity contribution in [2.24, 2.45) is 0 Å². The molecule has 0 spiro atoms. The fourth-order valence-electron chi connectivity index (χ4n) is 2.96. The number of para-hydroxylation sites is 1. The van der Waals surface area contributed by atoms with Crippen molar-refractivity contribution >= 4 is 23.7 Å². The van der Waals surface area contributed by atoms with E-state index in [1.807, 2.05) is 0 Å². The van der Waals surface area contributed by atoms with Crippen molar-refractivity contribution in [2.45, 2.75) is 19.5 Å². The fourth-order valence-corrected chi connectivity index (χ4v) is 3.17. The summed E-state index contributed by atoms with van der Waals surface area (Å²) >= 11 is 5.25. The van der Waals surface area contributed by atoms with Crippen molar-refractivity contribution in [3.05, 3.63) is 45.9 Å². The molecule has 4 nitrogen and oxygen atoms in total. The number of fused-ring (bicyclic) bond motifs is 2. The van der Waals surface area contributed by atoms with Crippen LogP contribution >= 0.6 is 12.2 Å². The second kappa shape index (κ2) is 4.15. The molecule has 0 amide bonds. The number of benzene rings is 1. The topological polar surface area (TPSA) is 44.0 Å². The lowest BCUT2D eigenvalue weighted by molar-refractivity contribution is 0.757. The van der Waals surface area contributed by atoms with Crippen LogP contribution in [0.15, 0.2) is 24.3 Å². The molecule has 2 aromatic rings. The molecule has 0 saturated carbocycles. The van der Waals surface area contributed by atoms with Crippen LogP contribution < -0.4 is 10.2 Å². The predicted octanol–water partition coefficient (Wildman–Crippen LogP) is 2.44. The van der Waals surface area contributed by atoms with Gasteiger partial charge in [-0.1, -0.05) is 18.2 Å². The summed E-state index contributed by atoms with van der Waals surface area (Å²) in [6, 6.07) is 8.54. The molecule has 4 rings (SSSR count). The molecule has 19 heavy (non-hydrogen) atoms. The summed E-state index contributed by atoms with van der Waals surface area (Å²) in [5.74, 6) is 1.02. The molecular formula is C14H14N4S. The van der Waals surface area contributed by atoms with E-state index in [0.717, 1.165) is 31.9 Å². The Balaban J connectivity index is 1.89. The number of aromatic amines is 1. The molecule has 0 saturated heterocycles. The molecule has 0 aliphatic carbocycles. The molecule has 0 atom stereocenters. The van der Waals surface area contributed by atoms with E-state index >= 15 is 0 Å². The first-order valence-corrected chi connectivity index (χ1v) is 6.92. The van der Waals surface area contributed by atoms with Gasteiger partial charge in [0, 0.05) is 36.6 Å². The van der Waals surface area contributed by atoms with Crippen LogP contribution in [0.1, 0.15) is 16.8 Å². The van der Waals surface area contributed by atoms with E-state index < -0.39 is 0 Å². The molecule has 2 N–H and O–H groups in total. The van der Waals surface area contributed by atoms with E-state index in [9.17, 15) is 0 Å². The van der Waals surface area contributed by atoms with Gasteiger partial charge in [-0.25, -0.2) is 4.98 Å². The lowest BCUT2D eigenvalue weighted by Gasteiger charge is -2.20. The van der Waals surface area contributed by atoms with E-state index in [1.165, 1.54) is 22.5 Å². The largest absolute Gasteiger partial charge is 0.333 e. The van der Waals surface area contributed by atoms with E-state index in [0.29, 0.717) is 4.77 Å². The molecule has 0 bridgehead atoms. The third kappa shape index (κ3) is 1.69. The maximum absolute atomic E-state index is 5.25. The Morgan fingerprint density at radius 1 is 1.21 bits per heavy atom. The summed E-state index contributed by atoms with van der Waals surface area (Å²) in [5.41, 5.74) is 5.09. The third-order valence-electron chi connectivity index (χ3n) is 3.85. The quantitative estimate of drug-likeness (QED) is 0.781. The van der Waals surface area contributed by atoms with Crippen LogP contribution in [0.4, 0.5) is 11.5 Å². The summed E-state index contributed by atoms with van der Waals surface area (Å²) in [4.78, 5) is 10.1. The van der Waals surface area contributed by atoms with Crippen molar-refractivity contribution in [3.8, 4) is 0 Å². The first-order chi connectivity index (χ1) is 9.33. The molecule has 1 aromatic carbocycles. The normalized spacial score (nSPS) is 16.5. The van der Waals surface area contributed by atoms with Crippen LogP contribution in [0, 0.1) is 4.77 Å². The highest BCUT2D eigenvalue weighted by Gasteiger charge is 2.26. The smallest absolute Gasteiger partial charge is 0.199 e. The minimum atomic E-state index is 0.571. The number of nitrogens with one attached hydrogen (secondary N) is 2. The van der Waals surface area contributed by atoms with E-state index in [1.54, 1.807) is 0 Å². The summed E-state index contributed by atoms with van der Waals surface area (Å²) in [6.07, 6.45) is 1.07. The maximum Gasteiger partial charge on any atom is 0.199 e. The molecule has 3 heterocycles. The highest BCUT2D eigenvalue weighted by Crippen LogP contribution is 2.36. The molecular weight excluding hydrogens is 256 g/mol. The number of rotatable bonds is 1. The minimum absolute atomic E-state index is 0.571. The number of H-pyrrole nitrogens is 1. The Kier molecular flexibility index (Phi) is 2.43. The van der Waals surface area contributed by atoms with Crippen LogP contribution in [0.3, 0.4) is 0 Å². The van der Waals surface area contributed by atoms with Gasteiger partial charge in [0.2, 0.25) is 0 Å². The predicted molar refractivity (Wildman–Crippen MR) is 77.1 cm³/mol. The second-order valence-corrected chi connectivity index (χ2v) is 5.34. The van der Waals surface area contributed by atoms with Crippen LogP contribution in [0.25, 0.3) is 0 Å². The van der Waals surface area contributed by atoms with Gasteiger partial charge in [-0.15, -0.1) is 0 Å². The molecule has 2 aliphatic rings. The first kappa shape index (κ1) is 11.1. The van der Waals surface area contributed by atoms with Gasteiger partial charge in [-0.3, -0.25) is 0 Å². The number of anilines is 2. The molecule has 96 valence electrons. The van der Waals surface area contributed by atoms with Gasteiger partial charge in [0.1, 0.15) is 5.82 Å². The van der Waals surface area contributed by atoms with Gasteiger partial charge in [0.25, 0.3) is 0 Å². The Labute approximate surface area is 116 Å². The van der Waals surface area contributed by atoms with Crippen molar-refractivity contribution in [2.75, 3.05) is 11.4 Å². The summed E-state index contributed by atoms with van der Waals surface area (Å²) in [7, 11) is 0. The Hall–Kier alpha value is -1.72. The third-order valence-corrected chi connectivity index (χ3v) is 4.04.